The highest BCUT2D eigenvalue weighted by molar-refractivity contribution is 5.75. The number of rotatable bonds is 2. The van der Waals surface area contributed by atoms with Gasteiger partial charge in [0, 0.05) is 11.5 Å². The van der Waals surface area contributed by atoms with Gasteiger partial charge >= 0.3 is 5.97 Å². The van der Waals surface area contributed by atoms with Gasteiger partial charge in [-0.05, 0) is 25.8 Å². The highest BCUT2D eigenvalue weighted by atomic mass is 19.2. The Labute approximate surface area is 115 Å². The quantitative estimate of drug-likeness (QED) is 0.877. The van der Waals surface area contributed by atoms with Crippen LogP contribution in [0.2, 0.25) is 0 Å². The fraction of sp³-hybridized carbons (Fsp3) is 0.500. The van der Waals surface area contributed by atoms with Gasteiger partial charge in [0.1, 0.15) is 0 Å². The minimum absolute atomic E-state index is 0.0503. The summed E-state index contributed by atoms with van der Waals surface area (Å²) in [4.78, 5) is 11.3. The molecule has 1 fully saturated rings. The second kappa shape index (κ2) is 4.70. The normalized spacial score (nSPS) is 28.6. The summed E-state index contributed by atoms with van der Waals surface area (Å²) in [7, 11) is 0. The molecular formula is C14H16F2O4. The molecule has 1 aromatic rings. The van der Waals surface area contributed by atoms with E-state index in [1.807, 2.05) is 0 Å². The van der Waals surface area contributed by atoms with Gasteiger partial charge in [-0.2, -0.15) is 4.39 Å². The van der Waals surface area contributed by atoms with Crippen molar-refractivity contribution in [2.75, 3.05) is 0 Å². The van der Waals surface area contributed by atoms with Gasteiger partial charge in [0.2, 0.25) is 5.82 Å². The lowest BCUT2D eigenvalue weighted by molar-refractivity contribution is -0.153. The molecule has 1 aliphatic rings. The molecule has 0 aromatic heterocycles. The van der Waals surface area contributed by atoms with Gasteiger partial charge in [-0.1, -0.05) is 13.0 Å². The van der Waals surface area contributed by atoms with Crippen molar-refractivity contribution in [3.63, 3.8) is 0 Å². The van der Waals surface area contributed by atoms with Crippen LogP contribution in [0.15, 0.2) is 12.1 Å². The van der Waals surface area contributed by atoms with Crippen LogP contribution in [0, 0.1) is 17.6 Å². The molecule has 1 aliphatic heterocycles. The van der Waals surface area contributed by atoms with Crippen molar-refractivity contribution in [1.82, 2.24) is 0 Å². The molecule has 2 rings (SSSR count). The molecular weight excluding hydrogens is 270 g/mol. The standard InChI is InChI=1S/C14H16F2O4/c1-6-9(12(13(18)19)20-14(6,2)3)7-4-5-8(15)10(16)11(7)17/h4-6,9,12,17H,1-3H3,(H,18,19)/t6-,9-,12+/m0/s1. The fourth-order valence-electron chi connectivity index (χ4n) is 2.66. The van der Waals surface area contributed by atoms with Gasteiger partial charge in [-0.25, -0.2) is 9.18 Å². The smallest absolute Gasteiger partial charge is 0.333 e. The van der Waals surface area contributed by atoms with Crippen LogP contribution in [0.25, 0.3) is 0 Å². The van der Waals surface area contributed by atoms with Crippen LogP contribution >= 0.6 is 0 Å². The second-order valence-corrected chi connectivity index (χ2v) is 5.59. The first-order valence-corrected chi connectivity index (χ1v) is 6.24. The van der Waals surface area contributed by atoms with Gasteiger partial charge in [0.25, 0.3) is 0 Å². The summed E-state index contributed by atoms with van der Waals surface area (Å²) in [6.07, 6.45) is -1.21. The molecule has 0 aliphatic carbocycles. The summed E-state index contributed by atoms with van der Waals surface area (Å²) in [5.74, 6) is -5.64. The lowest BCUT2D eigenvalue weighted by Crippen LogP contribution is -2.27. The summed E-state index contributed by atoms with van der Waals surface area (Å²) >= 11 is 0. The number of aliphatic carboxylic acids is 1. The molecule has 0 radical (unpaired) electrons. The molecule has 20 heavy (non-hydrogen) atoms. The highest BCUT2D eigenvalue weighted by Crippen LogP contribution is 2.48. The number of aromatic hydroxyl groups is 1. The highest BCUT2D eigenvalue weighted by Gasteiger charge is 2.51. The monoisotopic (exact) mass is 286 g/mol. The Morgan fingerprint density at radius 3 is 2.50 bits per heavy atom. The Morgan fingerprint density at radius 1 is 1.35 bits per heavy atom. The summed E-state index contributed by atoms with van der Waals surface area (Å²) < 4.78 is 32.0. The van der Waals surface area contributed by atoms with E-state index in [9.17, 15) is 23.8 Å². The number of benzene rings is 1. The van der Waals surface area contributed by atoms with E-state index in [1.54, 1.807) is 20.8 Å². The first kappa shape index (κ1) is 14.7. The third kappa shape index (κ3) is 2.14. The number of phenolic OH excluding ortho intramolecular Hbond substituents is 1. The van der Waals surface area contributed by atoms with Gasteiger partial charge in [-0.15, -0.1) is 0 Å². The van der Waals surface area contributed by atoms with Crippen LogP contribution in [0.5, 0.6) is 5.75 Å². The van der Waals surface area contributed by atoms with E-state index < -0.39 is 41.0 Å². The van der Waals surface area contributed by atoms with Crippen molar-refractivity contribution in [3.05, 3.63) is 29.3 Å². The average Bonchev–Trinajstić information content (AvgIpc) is 2.59. The number of ether oxygens (including phenoxy) is 1. The molecule has 0 bridgehead atoms. The maximum Gasteiger partial charge on any atom is 0.333 e. The Kier molecular flexibility index (Phi) is 3.46. The maximum absolute atomic E-state index is 13.5. The Balaban J connectivity index is 2.54. The molecule has 1 aromatic carbocycles. The maximum atomic E-state index is 13.5. The van der Waals surface area contributed by atoms with E-state index >= 15 is 0 Å². The van der Waals surface area contributed by atoms with Crippen LogP contribution in [-0.2, 0) is 9.53 Å². The molecule has 0 amide bonds. The zero-order valence-corrected chi connectivity index (χ0v) is 11.4. The molecule has 110 valence electrons. The van der Waals surface area contributed by atoms with Crippen molar-refractivity contribution in [1.29, 1.82) is 0 Å². The van der Waals surface area contributed by atoms with Crippen LogP contribution in [-0.4, -0.2) is 27.9 Å². The third-order valence-electron chi connectivity index (χ3n) is 4.09. The SMILES string of the molecule is C[C@H]1[C@@H](c2ccc(F)c(F)c2O)[C@H](C(=O)O)OC1(C)C. The van der Waals surface area contributed by atoms with E-state index in [0.29, 0.717) is 0 Å². The van der Waals surface area contributed by atoms with E-state index in [-0.39, 0.29) is 11.5 Å². The largest absolute Gasteiger partial charge is 0.505 e. The van der Waals surface area contributed by atoms with Gasteiger partial charge in [-0.3, -0.25) is 0 Å². The number of phenols is 1. The molecule has 1 heterocycles. The van der Waals surface area contributed by atoms with Crippen molar-refractivity contribution in [3.8, 4) is 5.75 Å². The molecule has 0 spiro atoms. The Hall–Kier alpha value is -1.69. The number of halogens is 2. The number of carboxylic acid groups (broad SMARTS) is 1. The zero-order valence-electron chi connectivity index (χ0n) is 11.4. The molecule has 0 unspecified atom stereocenters. The Morgan fingerprint density at radius 2 is 1.95 bits per heavy atom. The lowest BCUT2D eigenvalue weighted by atomic mass is 9.78. The van der Waals surface area contributed by atoms with Crippen LogP contribution in [0.1, 0.15) is 32.3 Å². The lowest BCUT2D eigenvalue weighted by Gasteiger charge is -2.25. The predicted octanol–water partition coefficient (Wildman–Crippen LogP) is 2.65. The van der Waals surface area contributed by atoms with Gasteiger partial charge in [0.15, 0.2) is 17.7 Å². The second-order valence-electron chi connectivity index (χ2n) is 5.59. The van der Waals surface area contributed by atoms with Crippen molar-refractivity contribution in [2.24, 2.45) is 5.92 Å². The first-order chi connectivity index (χ1) is 9.16. The topological polar surface area (TPSA) is 66.8 Å². The molecule has 4 nitrogen and oxygen atoms in total. The minimum Gasteiger partial charge on any atom is -0.505 e. The zero-order chi connectivity index (χ0) is 15.2. The predicted molar refractivity (Wildman–Crippen MR) is 66.5 cm³/mol. The van der Waals surface area contributed by atoms with E-state index in [1.165, 1.54) is 6.07 Å². The van der Waals surface area contributed by atoms with Crippen molar-refractivity contribution < 1.29 is 28.5 Å². The molecule has 1 saturated heterocycles. The van der Waals surface area contributed by atoms with Crippen LogP contribution in [0.4, 0.5) is 8.78 Å². The van der Waals surface area contributed by atoms with E-state index in [4.69, 9.17) is 4.74 Å². The summed E-state index contributed by atoms with van der Waals surface area (Å²) in [6.45, 7) is 5.21. The van der Waals surface area contributed by atoms with Crippen molar-refractivity contribution in [2.45, 2.75) is 38.4 Å². The summed E-state index contributed by atoms with van der Waals surface area (Å²) in [5, 5.41) is 19.0. The van der Waals surface area contributed by atoms with Gasteiger partial charge < -0.3 is 14.9 Å². The number of carbonyl (C=O) groups is 1. The minimum atomic E-state index is -1.37. The molecule has 3 atom stereocenters. The van der Waals surface area contributed by atoms with E-state index in [0.717, 1.165) is 6.07 Å². The number of hydrogen-bond donors (Lipinski definition) is 2. The average molecular weight is 286 g/mol. The summed E-state index contributed by atoms with van der Waals surface area (Å²) in [5.41, 5.74) is -0.695. The fourth-order valence-corrected chi connectivity index (χ4v) is 2.66. The molecule has 2 N–H and O–H groups in total. The first-order valence-electron chi connectivity index (χ1n) is 6.24. The van der Waals surface area contributed by atoms with Gasteiger partial charge in [0.05, 0.1) is 5.60 Å². The van der Waals surface area contributed by atoms with Crippen LogP contribution in [0.3, 0.4) is 0 Å². The Bertz CT molecular complexity index is 556. The molecule has 0 saturated carbocycles. The third-order valence-corrected chi connectivity index (χ3v) is 4.09. The number of carboxylic acids is 1. The summed E-state index contributed by atoms with van der Waals surface area (Å²) in [6, 6.07) is 2.08. The number of hydrogen-bond acceptors (Lipinski definition) is 3. The van der Waals surface area contributed by atoms with E-state index in [2.05, 4.69) is 0 Å². The van der Waals surface area contributed by atoms with Crippen molar-refractivity contribution >= 4 is 5.97 Å². The molecule has 6 heteroatoms. The van der Waals surface area contributed by atoms with Crippen LogP contribution < -0.4 is 0 Å².